The van der Waals surface area contributed by atoms with Crippen LogP contribution in [0.5, 0.6) is 17.2 Å². The molecule has 0 fully saturated rings. The number of anilines is 1. The van der Waals surface area contributed by atoms with Crippen LogP contribution in [0.1, 0.15) is 16.7 Å². The van der Waals surface area contributed by atoms with E-state index in [1.54, 1.807) is 0 Å². The zero-order valence-corrected chi connectivity index (χ0v) is 15.4. The van der Waals surface area contributed by atoms with Crippen molar-refractivity contribution in [1.82, 2.24) is 0 Å². The lowest BCUT2D eigenvalue weighted by molar-refractivity contribution is 0.171. The van der Waals surface area contributed by atoms with Crippen molar-refractivity contribution in [2.75, 3.05) is 18.5 Å². The van der Waals surface area contributed by atoms with Crippen LogP contribution in [-0.2, 0) is 13.2 Å². The van der Waals surface area contributed by atoms with Crippen molar-refractivity contribution in [1.29, 1.82) is 0 Å². The largest absolute Gasteiger partial charge is 0.489 e. The summed E-state index contributed by atoms with van der Waals surface area (Å²) in [7, 11) is 0. The fraction of sp³-hybridized carbons (Fsp3) is 0.217. The van der Waals surface area contributed by atoms with E-state index in [1.807, 2.05) is 36.4 Å². The van der Waals surface area contributed by atoms with Crippen molar-refractivity contribution in [3.05, 3.63) is 83.4 Å². The van der Waals surface area contributed by atoms with Crippen molar-refractivity contribution in [3.8, 4) is 17.2 Å². The molecule has 4 rings (SSSR count). The average Bonchev–Trinajstić information content (AvgIpc) is 2.72. The van der Waals surface area contributed by atoms with Gasteiger partial charge in [-0.2, -0.15) is 0 Å². The van der Waals surface area contributed by atoms with Crippen molar-refractivity contribution < 1.29 is 14.2 Å². The topological polar surface area (TPSA) is 39.7 Å². The van der Waals surface area contributed by atoms with Gasteiger partial charge in [-0.25, -0.2) is 0 Å². The SMILES string of the molecule is Cc1ccc(COc2ccccc2CNc2ccc3c(c2)OCCO3)cc1. The van der Waals surface area contributed by atoms with E-state index in [1.165, 1.54) is 5.56 Å². The van der Waals surface area contributed by atoms with Crippen LogP contribution in [0.4, 0.5) is 5.69 Å². The summed E-state index contributed by atoms with van der Waals surface area (Å²) in [6.07, 6.45) is 0. The Kier molecular flexibility index (Phi) is 5.15. The molecule has 0 radical (unpaired) electrons. The van der Waals surface area contributed by atoms with Gasteiger partial charge in [-0.3, -0.25) is 0 Å². The van der Waals surface area contributed by atoms with Gasteiger partial charge in [0.15, 0.2) is 11.5 Å². The molecule has 4 nitrogen and oxygen atoms in total. The highest BCUT2D eigenvalue weighted by Gasteiger charge is 2.12. The molecule has 3 aromatic rings. The Balaban J connectivity index is 1.41. The maximum absolute atomic E-state index is 6.06. The minimum absolute atomic E-state index is 0.557. The average molecular weight is 361 g/mol. The van der Waals surface area contributed by atoms with Gasteiger partial charge in [-0.15, -0.1) is 0 Å². The van der Waals surface area contributed by atoms with Crippen LogP contribution in [-0.4, -0.2) is 13.2 Å². The minimum Gasteiger partial charge on any atom is -0.489 e. The van der Waals surface area contributed by atoms with Gasteiger partial charge >= 0.3 is 0 Å². The predicted molar refractivity (Wildman–Crippen MR) is 107 cm³/mol. The number of benzene rings is 3. The van der Waals surface area contributed by atoms with Gasteiger partial charge in [0.25, 0.3) is 0 Å². The van der Waals surface area contributed by atoms with Crippen molar-refractivity contribution in [2.24, 2.45) is 0 Å². The van der Waals surface area contributed by atoms with Crippen LogP contribution in [0.25, 0.3) is 0 Å². The van der Waals surface area contributed by atoms with Gasteiger partial charge in [0.05, 0.1) is 0 Å². The number of nitrogens with one attached hydrogen (secondary N) is 1. The predicted octanol–water partition coefficient (Wildman–Crippen LogP) is 4.96. The number of rotatable bonds is 6. The molecule has 4 heteroatoms. The first-order valence-corrected chi connectivity index (χ1v) is 9.18. The lowest BCUT2D eigenvalue weighted by Gasteiger charge is -2.19. The Labute approximate surface area is 159 Å². The third-order valence-electron chi connectivity index (χ3n) is 4.51. The molecule has 0 atom stereocenters. The molecule has 0 aromatic heterocycles. The second kappa shape index (κ2) is 8.04. The molecule has 0 saturated heterocycles. The third kappa shape index (κ3) is 4.34. The maximum Gasteiger partial charge on any atom is 0.163 e. The highest BCUT2D eigenvalue weighted by molar-refractivity contribution is 5.55. The summed E-state index contributed by atoms with van der Waals surface area (Å²) >= 11 is 0. The zero-order chi connectivity index (χ0) is 18.5. The Morgan fingerprint density at radius 1 is 0.889 bits per heavy atom. The molecule has 1 N–H and O–H groups in total. The monoisotopic (exact) mass is 361 g/mol. The summed E-state index contributed by atoms with van der Waals surface area (Å²) in [6, 6.07) is 22.4. The van der Waals surface area contributed by atoms with E-state index in [4.69, 9.17) is 14.2 Å². The van der Waals surface area contributed by atoms with Crippen LogP contribution < -0.4 is 19.5 Å². The summed E-state index contributed by atoms with van der Waals surface area (Å²) in [5.74, 6) is 2.48. The van der Waals surface area contributed by atoms with Crippen molar-refractivity contribution in [3.63, 3.8) is 0 Å². The van der Waals surface area contributed by atoms with Crippen LogP contribution in [0.15, 0.2) is 66.7 Å². The number of para-hydroxylation sites is 1. The molecule has 0 amide bonds. The molecule has 0 bridgehead atoms. The van der Waals surface area contributed by atoms with Gasteiger partial charge in [0.1, 0.15) is 25.6 Å². The Morgan fingerprint density at radius 3 is 2.52 bits per heavy atom. The Morgan fingerprint density at radius 2 is 1.67 bits per heavy atom. The summed E-state index contributed by atoms with van der Waals surface area (Å²) in [6.45, 7) is 4.51. The number of hydrogen-bond donors (Lipinski definition) is 1. The number of aryl methyl sites for hydroxylation is 1. The van der Waals surface area contributed by atoms with Gasteiger partial charge in [-0.1, -0.05) is 48.0 Å². The summed E-state index contributed by atoms with van der Waals surface area (Å²) in [5, 5.41) is 3.44. The lowest BCUT2D eigenvalue weighted by atomic mass is 10.1. The molecular weight excluding hydrogens is 338 g/mol. The molecule has 0 saturated carbocycles. The second-order valence-electron chi connectivity index (χ2n) is 6.59. The third-order valence-corrected chi connectivity index (χ3v) is 4.51. The molecule has 0 unspecified atom stereocenters. The first kappa shape index (κ1) is 17.3. The van der Waals surface area contributed by atoms with Crippen LogP contribution in [0.3, 0.4) is 0 Å². The normalized spacial score (nSPS) is 12.5. The molecule has 138 valence electrons. The van der Waals surface area contributed by atoms with E-state index < -0.39 is 0 Å². The number of fused-ring (bicyclic) bond motifs is 1. The number of ether oxygens (including phenoxy) is 3. The molecular formula is C23H23NO3. The van der Waals surface area contributed by atoms with Gasteiger partial charge < -0.3 is 19.5 Å². The second-order valence-corrected chi connectivity index (χ2v) is 6.59. The molecule has 1 aliphatic heterocycles. The number of hydrogen-bond acceptors (Lipinski definition) is 4. The zero-order valence-electron chi connectivity index (χ0n) is 15.4. The molecule has 1 heterocycles. The molecule has 0 aliphatic carbocycles. The van der Waals surface area contributed by atoms with E-state index >= 15 is 0 Å². The fourth-order valence-corrected chi connectivity index (χ4v) is 2.99. The molecule has 1 aliphatic rings. The highest BCUT2D eigenvalue weighted by atomic mass is 16.6. The smallest absolute Gasteiger partial charge is 0.163 e. The summed E-state index contributed by atoms with van der Waals surface area (Å²) < 4.78 is 17.3. The Bertz CT molecular complexity index is 906. The lowest BCUT2D eigenvalue weighted by Crippen LogP contribution is -2.15. The van der Waals surface area contributed by atoms with E-state index in [0.717, 1.165) is 34.1 Å². The van der Waals surface area contributed by atoms with Gasteiger partial charge in [-0.05, 0) is 30.7 Å². The fourth-order valence-electron chi connectivity index (χ4n) is 2.99. The molecule has 0 spiro atoms. The van der Waals surface area contributed by atoms with Crippen molar-refractivity contribution >= 4 is 5.69 Å². The quantitative estimate of drug-likeness (QED) is 0.674. The van der Waals surface area contributed by atoms with Crippen LogP contribution in [0.2, 0.25) is 0 Å². The summed E-state index contributed by atoms with van der Waals surface area (Å²) in [4.78, 5) is 0. The molecule has 3 aromatic carbocycles. The standard InChI is InChI=1S/C23H23NO3/c1-17-6-8-18(9-7-17)16-27-21-5-3-2-4-19(21)15-24-20-10-11-22-23(14-20)26-13-12-25-22/h2-11,14,24H,12-13,15-16H2,1H3. The van der Waals surface area contributed by atoms with E-state index in [0.29, 0.717) is 26.4 Å². The van der Waals surface area contributed by atoms with Gasteiger partial charge in [0.2, 0.25) is 0 Å². The maximum atomic E-state index is 6.06. The Hall–Kier alpha value is -3.14. The van der Waals surface area contributed by atoms with E-state index in [2.05, 4.69) is 42.6 Å². The van der Waals surface area contributed by atoms with Crippen molar-refractivity contribution in [2.45, 2.75) is 20.1 Å². The van der Waals surface area contributed by atoms with Crippen LogP contribution in [0, 0.1) is 6.92 Å². The van der Waals surface area contributed by atoms with Crippen LogP contribution >= 0.6 is 0 Å². The van der Waals surface area contributed by atoms with E-state index in [9.17, 15) is 0 Å². The van der Waals surface area contributed by atoms with E-state index in [-0.39, 0.29) is 0 Å². The van der Waals surface area contributed by atoms with Gasteiger partial charge in [0, 0.05) is 23.9 Å². The first-order valence-electron chi connectivity index (χ1n) is 9.18. The highest BCUT2D eigenvalue weighted by Crippen LogP contribution is 2.33. The molecule has 27 heavy (non-hydrogen) atoms. The summed E-state index contributed by atoms with van der Waals surface area (Å²) in [5.41, 5.74) is 4.52. The first-order chi connectivity index (χ1) is 13.3. The minimum atomic E-state index is 0.557.